The molecule has 1 aromatic carbocycles. The van der Waals surface area contributed by atoms with Gasteiger partial charge in [-0.05, 0) is 6.07 Å². The van der Waals surface area contributed by atoms with Crippen LogP contribution in [0.3, 0.4) is 0 Å². The van der Waals surface area contributed by atoms with E-state index in [2.05, 4.69) is 15.5 Å². The molecule has 0 aliphatic carbocycles. The number of aliphatic imine (C=N–C) groups is 1. The van der Waals surface area contributed by atoms with Gasteiger partial charge in [0.1, 0.15) is 0 Å². The lowest BCUT2D eigenvalue weighted by Gasteiger charge is -1.98. The van der Waals surface area contributed by atoms with Crippen LogP contribution in [0.15, 0.2) is 38.8 Å². The number of hydrazone groups is 1. The summed E-state index contributed by atoms with van der Waals surface area (Å²) in [4.78, 5) is 13.5. The van der Waals surface area contributed by atoms with Crippen LogP contribution in [0.25, 0.3) is 10.8 Å². The Bertz CT molecular complexity index is 690. The van der Waals surface area contributed by atoms with Crippen molar-refractivity contribution < 1.29 is 14.4 Å². The zero-order valence-electron chi connectivity index (χ0n) is 10.6. The molecule has 20 heavy (non-hydrogen) atoms. The standard InChI is InChI=1S/C12H12N4O4/c1-13-11(7-16(18)19)15-14-6-10-8-4-2-3-5-9(8)12(17)20-10/h2-6,17H,7H2,1H3,(H,13,15)/b14-6-. The first-order valence-electron chi connectivity index (χ1n) is 5.69. The van der Waals surface area contributed by atoms with Gasteiger partial charge in [-0.2, -0.15) is 5.10 Å². The van der Waals surface area contributed by atoms with Crippen LogP contribution in [0.2, 0.25) is 0 Å². The van der Waals surface area contributed by atoms with Gasteiger partial charge < -0.3 is 9.52 Å². The molecule has 8 heteroatoms. The van der Waals surface area contributed by atoms with Crippen molar-refractivity contribution >= 4 is 22.8 Å². The summed E-state index contributed by atoms with van der Waals surface area (Å²) < 4.78 is 5.15. The SMILES string of the molecule is CN=C(C[N+](=O)[O-])N/N=C\c1oc(O)c2ccccc12. The number of fused-ring (bicyclic) bond motifs is 1. The smallest absolute Gasteiger partial charge is 0.290 e. The average Bonchev–Trinajstić information content (AvgIpc) is 2.75. The van der Waals surface area contributed by atoms with Crippen LogP contribution in [-0.2, 0) is 0 Å². The van der Waals surface area contributed by atoms with E-state index in [4.69, 9.17) is 4.42 Å². The molecule has 0 atom stereocenters. The van der Waals surface area contributed by atoms with Gasteiger partial charge in [-0.25, -0.2) is 0 Å². The number of amidine groups is 1. The van der Waals surface area contributed by atoms with Crippen LogP contribution in [0.1, 0.15) is 5.76 Å². The van der Waals surface area contributed by atoms with Gasteiger partial charge in [-0.15, -0.1) is 0 Å². The molecular formula is C12H12N4O4. The second-order valence-corrected chi connectivity index (χ2v) is 3.85. The van der Waals surface area contributed by atoms with Crippen molar-refractivity contribution in [2.24, 2.45) is 10.1 Å². The zero-order valence-corrected chi connectivity index (χ0v) is 10.6. The summed E-state index contributed by atoms with van der Waals surface area (Å²) in [5.41, 5.74) is 2.46. The lowest BCUT2D eigenvalue weighted by Crippen LogP contribution is -2.26. The van der Waals surface area contributed by atoms with E-state index in [1.807, 2.05) is 0 Å². The first kappa shape index (κ1) is 13.5. The third kappa shape index (κ3) is 2.91. The van der Waals surface area contributed by atoms with Gasteiger partial charge in [0.25, 0.3) is 12.5 Å². The van der Waals surface area contributed by atoms with E-state index < -0.39 is 11.5 Å². The first-order chi connectivity index (χ1) is 9.61. The molecule has 0 bridgehead atoms. The maximum atomic E-state index is 10.4. The number of nitrogens with zero attached hydrogens (tertiary/aromatic N) is 3. The normalized spacial score (nSPS) is 12.2. The number of hydrogen-bond acceptors (Lipinski definition) is 6. The highest BCUT2D eigenvalue weighted by molar-refractivity contribution is 6.00. The summed E-state index contributed by atoms with van der Waals surface area (Å²) in [5.74, 6) is 0.269. The number of furan rings is 1. The minimum Gasteiger partial charge on any atom is -0.480 e. The molecule has 0 saturated carbocycles. The van der Waals surface area contributed by atoms with Gasteiger partial charge in [0.2, 0.25) is 0 Å². The van der Waals surface area contributed by atoms with Crippen molar-refractivity contribution in [3.8, 4) is 5.95 Å². The van der Waals surface area contributed by atoms with Crippen molar-refractivity contribution in [3.05, 3.63) is 40.1 Å². The van der Waals surface area contributed by atoms with Gasteiger partial charge in [0.05, 0.1) is 11.6 Å². The number of nitrogens with one attached hydrogen (secondary N) is 1. The number of aromatic hydroxyl groups is 1. The minimum atomic E-state index is -0.515. The Balaban J connectivity index is 2.16. The van der Waals surface area contributed by atoms with E-state index in [1.165, 1.54) is 13.3 Å². The van der Waals surface area contributed by atoms with E-state index in [0.29, 0.717) is 16.5 Å². The molecule has 0 fully saturated rings. The molecule has 0 spiro atoms. The van der Waals surface area contributed by atoms with E-state index in [-0.39, 0.29) is 11.8 Å². The van der Waals surface area contributed by atoms with Crippen LogP contribution in [0.4, 0.5) is 0 Å². The number of rotatable bonds is 4. The van der Waals surface area contributed by atoms with Crippen molar-refractivity contribution in [2.45, 2.75) is 0 Å². The second kappa shape index (κ2) is 5.83. The largest absolute Gasteiger partial charge is 0.480 e. The molecule has 0 radical (unpaired) electrons. The number of benzene rings is 1. The van der Waals surface area contributed by atoms with Crippen LogP contribution in [-0.4, -0.2) is 35.7 Å². The molecule has 0 saturated heterocycles. The van der Waals surface area contributed by atoms with Crippen molar-refractivity contribution in [1.82, 2.24) is 5.43 Å². The topological polar surface area (TPSA) is 113 Å². The average molecular weight is 276 g/mol. The van der Waals surface area contributed by atoms with E-state index in [0.717, 1.165) is 0 Å². The molecule has 2 rings (SSSR count). The fourth-order valence-electron chi connectivity index (χ4n) is 1.64. The summed E-state index contributed by atoms with van der Waals surface area (Å²) >= 11 is 0. The Morgan fingerprint density at radius 1 is 1.50 bits per heavy atom. The van der Waals surface area contributed by atoms with Gasteiger partial charge in [-0.3, -0.25) is 20.5 Å². The van der Waals surface area contributed by atoms with Crippen molar-refractivity contribution in [1.29, 1.82) is 0 Å². The lowest BCUT2D eigenvalue weighted by molar-refractivity contribution is -0.463. The summed E-state index contributed by atoms with van der Waals surface area (Å²) in [6.45, 7) is -0.446. The van der Waals surface area contributed by atoms with Crippen molar-refractivity contribution in [3.63, 3.8) is 0 Å². The Morgan fingerprint density at radius 3 is 2.85 bits per heavy atom. The predicted molar refractivity (Wildman–Crippen MR) is 73.8 cm³/mol. The molecule has 0 amide bonds. The molecule has 8 nitrogen and oxygen atoms in total. The maximum absolute atomic E-state index is 10.4. The van der Waals surface area contributed by atoms with Gasteiger partial charge in [0.15, 0.2) is 11.6 Å². The molecule has 2 aromatic rings. The molecular weight excluding hydrogens is 264 g/mol. The fraction of sp³-hybridized carbons (Fsp3) is 0.167. The Hall–Kier alpha value is -2.90. The Kier molecular flexibility index (Phi) is 3.94. The highest BCUT2D eigenvalue weighted by Crippen LogP contribution is 2.29. The predicted octanol–water partition coefficient (Wildman–Crippen LogP) is 1.37. The summed E-state index contributed by atoms with van der Waals surface area (Å²) in [6, 6.07) is 7.06. The van der Waals surface area contributed by atoms with Gasteiger partial charge in [0, 0.05) is 17.4 Å². The summed E-state index contributed by atoms with van der Waals surface area (Å²) in [5, 5.41) is 25.0. The molecule has 0 aliphatic heterocycles. The van der Waals surface area contributed by atoms with E-state index in [1.54, 1.807) is 24.3 Å². The molecule has 104 valence electrons. The monoisotopic (exact) mass is 276 g/mol. The Labute approximate surface area is 113 Å². The molecule has 2 N–H and O–H groups in total. The molecule has 0 unspecified atom stereocenters. The van der Waals surface area contributed by atoms with Crippen LogP contribution in [0.5, 0.6) is 5.95 Å². The Morgan fingerprint density at radius 2 is 2.20 bits per heavy atom. The zero-order chi connectivity index (χ0) is 14.5. The second-order valence-electron chi connectivity index (χ2n) is 3.85. The fourth-order valence-corrected chi connectivity index (χ4v) is 1.64. The van der Waals surface area contributed by atoms with Gasteiger partial charge in [-0.1, -0.05) is 18.2 Å². The molecule has 0 aliphatic rings. The summed E-state index contributed by atoms with van der Waals surface area (Å²) in [6.07, 6.45) is 1.33. The van der Waals surface area contributed by atoms with Crippen LogP contribution in [0, 0.1) is 10.1 Å². The quantitative estimate of drug-likeness (QED) is 0.379. The number of nitro groups is 1. The van der Waals surface area contributed by atoms with E-state index >= 15 is 0 Å². The third-order valence-corrected chi connectivity index (χ3v) is 2.55. The highest BCUT2D eigenvalue weighted by Gasteiger charge is 2.10. The summed E-state index contributed by atoms with van der Waals surface area (Å²) in [7, 11) is 1.43. The van der Waals surface area contributed by atoms with Crippen LogP contribution >= 0.6 is 0 Å². The third-order valence-electron chi connectivity index (χ3n) is 2.55. The maximum Gasteiger partial charge on any atom is 0.290 e. The highest BCUT2D eigenvalue weighted by atomic mass is 16.6. The van der Waals surface area contributed by atoms with Crippen molar-refractivity contribution in [2.75, 3.05) is 13.6 Å². The molecule has 1 heterocycles. The van der Waals surface area contributed by atoms with Crippen LogP contribution < -0.4 is 5.43 Å². The van der Waals surface area contributed by atoms with E-state index in [9.17, 15) is 15.2 Å². The first-order valence-corrected chi connectivity index (χ1v) is 5.69. The number of hydrogen-bond donors (Lipinski definition) is 2. The van der Waals surface area contributed by atoms with Gasteiger partial charge >= 0.3 is 0 Å². The molecule has 1 aromatic heterocycles. The lowest BCUT2D eigenvalue weighted by atomic mass is 10.2. The minimum absolute atomic E-state index is 0.117.